The van der Waals surface area contributed by atoms with Gasteiger partial charge in [-0.25, -0.2) is 0 Å². The molecule has 1 aliphatic heterocycles. The van der Waals surface area contributed by atoms with Gasteiger partial charge in [-0.2, -0.15) is 0 Å². The van der Waals surface area contributed by atoms with E-state index in [1.165, 1.54) is 38.5 Å². The fraction of sp³-hybridized carbons (Fsp3) is 0.909. The maximum absolute atomic E-state index is 11.6. The summed E-state index contributed by atoms with van der Waals surface area (Å²) in [5.74, 6) is 1.39. The lowest BCUT2D eigenvalue weighted by Gasteiger charge is -2.32. The van der Waals surface area contributed by atoms with Crippen LogP contribution in [0.15, 0.2) is 0 Å². The summed E-state index contributed by atoms with van der Waals surface area (Å²) >= 11 is 0. The summed E-state index contributed by atoms with van der Waals surface area (Å²) in [7, 11) is 0. The zero-order chi connectivity index (χ0) is 9.10. The number of rotatable bonds is 1. The average Bonchev–Trinajstić information content (AvgIpc) is 2.20. The van der Waals surface area contributed by atoms with Gasteiger partial charge in [-0.05, 0) is 31.6 Å². The second kappa shape index (κ2) is 4.12. The monoisotopic (exact) mass is 181 g/mol. The van der Waals surface area contributed by atoms with Crippen molar-refractivity contribution in [3.8, 4) is 0 Å². The van der Waals surface area contributed by atoms with Crippen molar-refractivity contribution in [1.82, 2.24) is 5.32 Å². The molecule has 1 heterocycles. The Labute approximate surface area is 80.1 Å². The largest absolute Gasteiger partial charge is 0.356 e. The van der Waals surface area contributed by atoms with Gasteiger partial charge in [-0.3, -0.25) is 4.79 Å². The van der Waals surface area contributed by atoms with Gasteiger partial charge < -0.3 is 5.32 Å². The van der Waals surface area contributed by atoms with Crippen molar-refractivity contribution in [1.29, 1.82) is 0 Å². The topological polar surface area (TPSA) is 29.1 Å². The molecular weight excluding hydrogens is 162 g/mol. The lowest BCUT2D eigenvalue weighted by Crippen LogP contribution is -2.40. The Morgan fingerprint density at radius 1 is 1.00 bits per heavy atom. The fourth-order valence-electron chi connectivity index (χ4n) is 2.78. The molecule has 1 saturated carbocycles. The van der Waals surface area contributed by atoms with Crippen molar-refractivity contribution in [2.24, 2.45) is 11.8 Å². The second-order valence-corrected chi connectivity index (χ2v) is 4.44. The Hall–Kier alpha value is -0.530. The summed E-state index contributed by atoms with van der Waals surface area (Å²) < 4.78 is 0. The lowest BCUT2D eigenvalue weighted by atomic mass is 9.76. The molecule has 0 aromatic rings. The molecule has 0 unspecified atom stereocenters. The van der Waals surface area contributed by atoms with Gasteiger partial charge in [0.1, 0.15) is 0 Å². The van der Waals surface area contributed by atoms with Crippen LogP contribution in [0.5, 0.6) is 0 Å². The summed E-state index contributed by atoms with van der Waals surface area (Å²) in [5.41, 5.74) is 0. The molecule has 13 heavy (non-hydrogen) atoms. The molecule has 1 amide bonds. The molecule has 1 N–H and O–H groups in total. The molecule has 0 spiro atoms. The van der Waals surface area contributed by atoms with E-state index in [0.29, 0.717) is 17.7 Å². The zero-order valence-corrected chi connectivity index (χ0v) is 8.22. The first-order chi connectivity index (χ1) is 6.38. The average molecular weight is 181 g/mol. The van der Waals surface area contributed by atoms with Crippen LogP contribution in [0, 0.1) is 11.8 Å². The minimum atomic E-state index is 0.332. The molecular formula is C11H19NO. The van der Waals surface area contributed by atoms with Crippen molar-refractivity contribution in [3.05, 3.63) is 0 Å². The SMILES string of the molecule is O=C1NCCC[C@H]1C1CCCCC1. The quantitative estimate of drug-likeness (QED) is 0.659. The predicted octanol–water partition coefficient (Wildman–Crippen LogP) is 2.09. The van der Waals surface area contributed by atoms with E-state index in [9.17, 15) is 4.79 Å². The highest BCUT2D eigenvalue weighted by molar-refractivity contribution is 5.79. The highest BCUT2D eigenvalue weighted by Gasteiger charge is 2.30. The van der Waals surface area contributed by atoms with Gasteiger partial charge in [-0.1, -0.05) is 19.3 Å². The molecule has 1 saturated heterocycles. The molecule has 2 heteroatoms. The van der Waals surface area contributed by atoms with Crippen LogP contribution in [0.2, 0.25) is 0 Å². The second-order valence-electron chi connectivity index (χ2n) is 4.44. The van der Waals surface area contributed by atoms with Crippen LogP contribution in [0.25, 0.3) is 0 Å². The van der Waals surface area contributed by atoms with Crippen molar-refractivity contribution >= 4 is 5.91 Å². The van der Waals surface area contributed by atoms with Gasteiger partial charge in [0.25, 0.3) is 0 Å². The molecule has 1 atom stereocenters. The first kappa shape index (κ1) is 9.04. The highest BCUT2D eigenvalue weighted by atomic mass is 16.1. The Balaban J connectivity index is 1.92. The highest BCUT2D eigenvalue weighted by Crippen LogP contribution is 2.33. The van der Waals surface area contributed by atoms with E-state index < -0.39 is 0 Å². The normalized spacial score (nSPS) is 31.4. The van der Waals surface area contributed by atoms with Crippen LogP contribution in [0.3, 0.4) is 0 Å². The maximum atomic E-state index is 11.6. The first-order valence-corrected chi connectivity index (χ1v) is 5.65. The Bertz CT molecular complexity index is 185. The van der Waals surface area contributed by atoms with Crippen molar-refractivity contribution in [2.45, 2.75) is 44.9 Å². The summed E-state index contributed by atoms with van der Waals surface area (Å²) in [4.78, 5) is 11.6. The number of nitrogens with one attached hydrogen (secondary N) is 1. The Kier molecular flexibility index (Phi) is 2.87. The lowest BCUT2D eigenvalue weighted by molar-refractivity contribution is -0.128. The maximum Gasteiger partial charge on any atom is 0.223 e. The molecule has 2 nitrogen and oxygen atoms in total. The summed E-state index contributed by atoms with van der Waals surface area (Å²) in [6.45, 7) is 0.905. The molecule has 0 radical (unpaired) electrons. The number of piperidine rings is 1. The fourth-order valence-corrected chi connectivity index (χ4v) is 2.78. The van der Waals surface area contributed by atoms with E-state index in [2.05, 4.69) is 5.32 Å². The van der Waals surface area contributed by atoms with E-state index >= 15 is 0 Å². The van der Waals surface area contributed by atoms with Crippen LogP contribution >= 0.6 is 0 Å². The Morgan fingerprint density at radius 3 is 2.46 bits per heavy atom. The van der Waals surface area contributed by atoms with Crippen molar-refractivity contribution in [2.75, 3.05) is 6.54 Å². The van der Waals surface area contributed by atoms with E-state index in [1.807, 2.05) is 0 Å². The molecule has 0 aromatic heterocycles. The van der Waals surface area contributed by atoms with Crippen molar-refractivity contribution < 1.29 is 4.79 Å². The van der Waals surface area contributed by atoms with E-state index in [4.69, 9.17) is 0 Å². The molecule has 2 fully saturated rings. The van der Waals surface area contributed by atoms with E-state index in [0.717, 1.165) is 13.0 Å². The van der Waals surface area contributed by atoms with Crippen LogP contribution in [0.1, 0.15) is 44.9 Å². The number of carbonyl (C=O) groups is 1. The van der Waals surface area contributed by atoms with Crippen LogP contribution in [0.4, 0.5) is 0 Å². The van der Waals surface area contributed by atoms with Crippen LogP contribution in [-0.4, -0.2) is 12.5 Å². The van der Waals surface area contributed by atoms with Gasteiger partial charge in [0.05, 0.1) is 0 Å². The molecule has 74 valence electrons. The smallest absolute Gasteiger partial charge is 0.223 e. The number of hydrogen-bond donors (Lipinski definition) is 1. The minimum absolute atomic E-state index is 0.332. The van der Waals surface area contributed by atoms with Gasteiger partial charge in [0.15, 0.2) is 0 Å². The van der Waals surface area contributed by atoms with Crippen LogP contribution in [-0.2, 0) is 4.79 Å². The van der Waals surface area contributed by atoms with E-state index in [1.54, 1.807) is 0 Å². The third-order valence-electron chi connectivity index (χ3n) is 3.55. The van der Waals surface area contributed by atoms with Crippen molar-refractivity contribution in [3.63, 3.8) is 0 Å². The Morgan fingerprint density at radius 2 is 1.77 bits per heavy atom. The summed E-state index contributed by atoms with van der Waals surface area (Å²) in [6.07, 6.45) is 8.97. The molecule has 2 aliphatic rings. The third kappa shape index (κ3) is 2.04. The number of carbonyl (C=O) groups excluding carboxylic acids is 1. The molecule has 1 aliphatic carbocycles. The molecule has 2 rings (SSSR count). The summed E-state index contributed by atoms with van der Waals surface area (Å²) in [6, 6.07) is 0. The number of hydrogen-bond acceptors (Lipinski definition) is 1. The van der Waals surface area contributed by atoms with Gasteiger partial charge in [0.2, 0.25) is 5.91 Å². The minimum Gasteiger partial charge on any atom is -0.356 e. The van der Waals surface area contributed by atoms with Gasteiger partial charge in [0, 0.05) is 12.5 Å². The predicted molar refractivity (Wildman–Crippen MR) is 52.3 cm³/mol. The molecule has 0 aromatic carbocycles. The molecule has 0 bridgehead atoms. The van der Waals surface area contributed by atoms with Crippen LogP contribution < -0.4 is 5.32 Å². The standard InChI is InChI=1S/C11H19NO/c13-11-10(7-4-8-12-11)9-5-2-1-3-6-9/h9-10H,1-8H2,(H,12,13)/t10-/m0/s1. The zero-order valence-electron chi connectivity index (χ0n) is 8.22. The van der Waals surface area contributed by atoms with E-state index in [-0.39, 0.29) is 0 Å². The number of amides is 1. The first-order valence-electron chi connectivity index (χ1n) is 5.65. The summed E-state index contributed by atoms with van der Waals surface area (Å²) in [5, 5.41) is 2.99. The third-order valence-corrected chi connectivity index (χ3v) is 3.55. The van der Waals surface area contributed by atoms with Gasteiger partial charge >= 0.3 is 0 Å². The van der Waals surface area contributed by atoms with Gasteiger partial charge in [-0.15, -0.1) is 0 Å².